The number of aryl methyl sites for hydroxylation is 2. The van der Waals surface area contributed by atoms with Gasteiger partial charge in [-0.2, -0.15) is 0 Å². The highest BCUT2D eigenvalue weighted by atomic mass is 16.5. The van der Waals surface area contributed by atoms with Crippen molar-refractivity contribution >= 4 is 5.69 Å². The lowest BCUT2D eigenvalue weighted by Crippen LogP contribution is -2.43. The van der Waals surface area contributed by atoms with Crippen LogP contribution >= 0.6 is 0 Å². The lowest BCUT2D eigenvalue weighted by Gasteiger charge is -2.35. The summed E-state index contributed by atoms with van der Waals surface area (Å²) in [7, 11) is 1.70. The first-order valence-corrected chi connectivity index (χ1v) is 8.91. The van der Waals surface area contributed by atoms with Crippen molar-refractivity contribution in [2.24, 2.45) is 0 Å². The molecule has 138 valence electrons. The summed E-state index contributed by atoms with van der Waals surface area (Å²) in [6.07, 6.45) is 1.57. The van der Waals surface area contributed by atoms with Crippen LogP contribution in [-0.4, -0.2) is 23.9 Å². The van der Waals surface area contributed by atoms with Gasteiger partial charge in [0, 0.05) is 24.4 Å². The number of aromatic nitrogens is 2. The second kappa shape index (κ2) is 6.07. The van der Waals surface area contributed by atoms with Crippen LogP contribution in [0.4, 0.5) is 5.69 Å². The number of hydrogen-bond donors (Lipinski definition) is 1. The molecular formula is C20H20N4O3. The number of ether oxygens (including phenoxy) is 2. The minimum atomic E-state index is -0.231. The first kappa shape index (κ1) is 16.3. The van der Waals surface area contributed by atoms with Gasteiger partial charge in [0.15, 0.2) is 12.0 Å². The van der Waals surface area contributed by atoms with Crippen LogP contribution in [0.5, 0.6) is 5.75 Å². The van der Waals surface area contributed by atoms with Gasteiger partial charge in [-0.25, -0.2) is 5.43 Å². The summed E-state index contributed by atoms with van der Waals surface area (Å²) in [5.41, 5.74) is 9.23. The fraction of sp³-hybridized carbons (Fsp3) is 0.300. The maximum Gasteiger partial charge on any atom is 0.152 e. The molecule has 0 amide bonds. The number of pyridine rings is 1. The summed E-state index contributed by atoms with van der Waals surface area (Å²) in [4.78, 5) is 4.52. The van der Waals surface area contributed by atoms with Crippen molar-refractivity contribution in [3.05, 3.63) is 59.2 Å². The average Bonchev–Trinajstić information content (AvgIpc) is 3.24. The van der Waals surface area contributed by atoms with Crippen LogP contribution in [-0.2, 0) is 4.74 Å². The van der Waals surface area contributed by atoms with Crippen LogP contribution in [0.3, 0.4) is 0 Å². The Hall–Kier alpha value is -2.90. The highest BCUT2D eigenvalue weighted by Gasteiger charge is 2.41. The minimum absolute atomic E-state index is 0.0440. The molecule has 7 nitrogen and oxygen atoms in total. The molecule has 1 N–H and O–H groups in total. The summed E-state index contributed by atoms with van der Waals surface area (Å²) in [5, 5.41) is 6.22. The number of hydrogen-bond acceptors (Lipinski definition) is 7. The summed E-state index contributed by atoms with van der Waals surface area (Å²) in [5.74, 6) is 1.60. The summed E-state index contributed by atoms with van der Waals surface area (Å²) in [6, 6.07) is 10.0. The standard InChI is InChI=1S/C20H20N4O3/c1-11-17(12(2)27-23-11)13-7-8-14-18-19(13)26-10-16(15-6-4-5-9-21-15)24(18)22-20(14)25-3/h4-9,16,20,22H,10H2,1-3H3. The number of hydrazine groups is 1. The second-order valence-electron chi connectivity index (χ2n) is 6.78. The normalized spacial score (nSPS) is 20.5. The summed E-state index contributed by atoms with van der Waals surface area (Å²) >= 11 is 0. The lowest BCUT2D eigenvalue weighted by atomic mass is 9.97. The summed E-state index contributed by atoms with van der Waals surface area (Å²) < 4.78 is 17.3. The monoisotopic (exact) mass is 364 g/mol. The molecule has 0 saturated heterocycles. The molecule has 1 aromatic carbocycles. The Labute approximate surface area is 156 Å². The minimum Gasteiger partial charge on any atom is -0.488 e. The van der Waals surface area contributed by atoms with Crippen molar-refractivity contribution in [2.75, 3.05) is 18.7 Å². The van der Waals surface area contributed by atoms with Crippen LogP contribution in [0.15, 0.2) is 41.1 Å². The van der Waals surface area contributed by atoms with E-state index in [4.69, 9.17) is 14.0 Å². The second-order valence-corrected chi connectivity index (χ2v) is 6.78. The molecule has 4 heterocycles. The fourth-order valence-corrected chi connectivity index (χ4v) is 3.97. The van der Waals surface area contributed by atoms with Gasteiger partial charge in [-0.3, -0.25) is 9.99 Å². The van der Waals surface area contributed by atoms with Crippen molar-refractivity contribution in [1.82, 2.24) is 15.6 Å². The van der Waals surface area contributed by atoms with E-state index in [0.29, 0.717) is 6.61 Å². The molecule has 3 aromatic rings. The molecule has 2 aliphatic heterocycles. The average molecular weight is 364 g/mol. The van der Waals surface area contributed by atoms with E-state index in [1.807, 2.05) is 32.0 Å². The Kier molecular flexibility index (Phi) is 3.66. The summed E-state index contributed by atoms with van der Waals surface area (Å²) in [6.45, 7) is 4.34. The first-order valence-electron chi connectivity index (χ1n) is 8.91. The zero-order valence-corrected chi connectivity index (χ0v) is 15.4. The lowest BCUT2D eigenvalue weighted by molar-refractivity contribution is 0.0766. The number of rotatable bonds is 3. The van der Waals surface area contributed by atoms with Gasteiger partial charge in [-0.15, -0.1) is 0 Å². The number of benzene rings is 1. The van der Waals surface area contributed by atoms with Crippen LogP contribution in [0, 0.1) is 13.8 Å². The van der Waals surface area contributed by atoms with E-state index in [2.05, 4.69) is 32.7 Å². The zero-order chi connectivity index (χ0) is 18.5. The van der Waals surface area contributed by atoms with Gasteiger partial charge in [0.2, 0.25) is 0 Å². The Balaban J connectivity index is 1.68. The van der Waals surface area contributed by atoms with Crippen molar-refractivity contribution in [2.45, 2.75) is 26.1 Å². The quantitative estimate of drug-likeness (QED) is 0.763. The molecule has 5 rings (SSSR count). The Bertz CT molecular complexity index is 982. The third-order valence-electron chi connectivity index (χ3n) is 5.21. The molecule has 0 bridgehead atoms. The van der Waals surface area contributed by atoms with Gasteiger partial charge >= 0.3 is 0 Å². The third kappa shape index (κ3) is 2.35. The molecular weight excluding hydrogens is 344 g/mol. The maximum absolute atomic E-state index is 6.29. The van der Waals surface area contributed by atoms with E-state index in [-0.39, 0.29) is 12.3 Å². The van der Waals surface area contributed by atoms with Gasteiger partial charge in [0.05, 0.1) is 17.0 Å². The topological polar surface area (TPSA) is 72.7 Å². The fourth-order valence-electron chi connectivity index (χ4n) is 3.97. The predicted molar refractivity (Wildman–Crippen MR) is 99.3 cm³/mol. The largest absolute Gasteiger partial charge is 0.488 e. The first-order chi connectivity index (χ1) is 13.2. The van der Waals surface area contributed by atoms with Gasteiger partial charge in [-0.05, 0) is 32.0 Å². The van der Waals surface area contributed by atoms with E-state index < -0.39 is 0 Å². The van der Waals surface area contributed by atoms with Crippen LogP contribution in [0.1, 0.15) is 35.0 Å². The van der Waals surface area contributed by atoms with Crippen LogP contribution in [0.2, 0.25) is 0 Å². The molecule has 0 fully saturated rings. The zero-order valence-electron chi connectivity index (χ0n) is 15.4. The van der Waals surface area contributed by atoms with E-state index in [0.717, 1.165) is 45.3 Å². The molecule has 0 saturated carbocycles. The van der Waals surface area contributed by atoms with Crippen molar-refractivity contribution in [3.63, 3.8) is 0 Å². The smallest absolute Gasteiger partial charge is 0.152 e. The van der Waals surface area contributed by atoms with E-state index in [9.17, 15) is 0 Å². The molecule has 2 aliphatic rings. The van der Waals surface area contributed by atoms with Crippen LogP contribution in [0.25, 0.3) is 11.1 Å². The molecule has 7 heteroatoms. The number of methoxy groups -OCH3 is 1. The van der Waals surface area contributed by atoms with Crippen LogP contribution < -0.4 is 15.2 Å². The predicted octanol–water partition coefficient (Wildman–Crippen LogP) is 3.46. The van der Waals surface area contributed by atoms with Gasteiger partial charge in [-0.1, -0.05) is 17.3 Å². The molecule has 0 aliphatic carbocycles. The molecule has 0 spiro atoms. The van der Waals surface area contributed by atoms with Crippen molar-refractivity contribution < 1.29 is 14.0 Å². The van der Waals surface area contributed by atoms with Crippen molar-refractivity contribution in [1.29, 1.82) is 0 Å². The van der Waals surface area contributed by atoms with E-state index >= 15 is 0 Å². The van der Waals surface area contributed by atoms with Crippen molar-refractivity contribution in [3.8, 4) is 16.9 Å². The number of anilines is 1. The SMILES string of the molecule is COC1NN2c3c1ccc(-c1c(C)noc1C)c3OCC2c1ccccn1. The number of nitrogens with zero attached hydrogens (tertiary/aromatic N) is 3. The van der Waals surface area contributed by atoms with E-state index in [1.54, 1.807) is 13.3 Å². The van der Waals surface area contributed by atoms with Gasteiger partial charge in [0.1, 0.15) is 24.1 Å². The maximum atomic E-state index is 6.29. The third-order valence-corrected chi connectivity index (χ3v) is 5.21. The van der Waals surface area contributed by atoms with E-state index in [1.165, 1.54) is 0 Å². The molecule has 27 heavy (non-hydrogen) atoms. The highest BCUT2D eigenvalue weighted by molar-refractivity contribution is 5.84. The Morgan fingerprint density at radius 3 is 2.81 bits per heavy atom. The highest BCUT2D eigenvalue weighted by Crippen LogP contribution is 2.52. The molecule has 2 atom stereocenters. The molecule has 2 unspecified atom stereocenters. The molecule has 2 aromatic heterocycles. The van der Waals surface area contributed by atoms with Gasteiger partial charge < -0.3 is 14.0 Å². The Morgan fingerprint density at radius 2 is 2.11 bits per heavy atom. The molecule has 0 radical (unpaired) electrons. The Morgan fingerprint density at radius 1 is 1.22 bits per heavy atom. The van der Waals surface area contributed by atoms with Gasteiger partial charge in [0.25, 0.3) is 0 Å². The number of nitrogens with one attached hydrogen (secondary N) is 1.